The summed E-state index contributed by atoms with van der Waals surface area (Å²) < 4.78 is 10.3. The van der Waals surface area contributed by atoms with Gasteiger partial charge in [-0.25, -0.2) is 4.79 Å². The Morgan fingerprint density at radius 1 is 1.05 bits per heavy atom. The monoisotopic (exact) mass is 264 g/mol. The van der Waals surface area contributed by atoms with Crippen LogP contribution in [0.15, 0.2) is 24.3 Å². The average molecular weight is 264 g/mol. The second-order valence-electron chi connectivity index (χ2n) is 4.62. The summed E-state index contributed by atoms with van der Waals surface area (Å²) in [5, 5.41) is 0. The van der Waals surface area contributed by atoms with Gasteiger partial charge in [0.1, 0.15) is 5.75 Å². The minimum absolute atomic E-state index is 0.424. The van der Waals surface area contributed by atoms with E-state index in [9.17, 15) is 4.79 Å². The van der Waals surface area contributed by atoms with E-state index < -0.39 is 6.16 Å². The van der Waals surface area contributed by atoms with Gasteiger partial charge < -0.3 is 9.47 Å². The van der Waals surface area contributed by atoms with Gasteiger partial charge in [-0.05, 0) is 30.9 Å². The van der Waals surface area contributed by atoms with Crippen LogP contribution in [0.2, 0.25) is 0 Å². The minimum Gasteiger partial charge on any atom is -0.434 e. The van der Waals surface area contributed by atoms with Crippen molar-refractivity contribution in [3.05, 3.63) is 29.8 Å². The largest absolute Gasteiger partial charge is 0.513 e. The van der Waals surface area contributed by atoms with Crippen LogP contribution in [-0.2, 0) is 11.2 Å². The van der Waals surface area contributed by atoms with Crippen LogP contribution in [0.5, 0.6) is 5.75 Å². The molecule has 1 aromatic carbocycles. The van der Waals surface area contributed by atoms with E-state index in [-0.39, 0.29) is 0 Å². The zero-order valence-electron chi connectivity index (χ0n) is 12.0. The fraction of sp³-hybridized carbons (Fsp3) is 0.562. The van der Waals surface area contributed by atoms with Crippen LogP contribution in [0.4, 0.5) is 4.79 Å². The summed E-state index contributed by atoms with van der Waals surface area (Å²) in [6.07, 6.45) is 5.69. The van der Waals surface area contributed by atoms with Gasteiger partial charge in [0.15, 0.2) is 0 Å². The summed E-state index contributed by atoms with van der Waals surface area (Å²) in [7, 11) is 0. The molecule has 106 valence electrons. The van der Waals surface area contributed by atoms with E-state index in [1.165, 1.54) is 12.8 Å². The van der Waals surface area contributed by atoms with Crippen molar-refractivity contribution >= 4 is 6.16 Å². The lowest BCUT2D eigenvalue weighted by molar-refractivity contribution is 0.0975. The fourth-order valence-electron chi connectivity index (χ4n) is 1.79. The molecule has 0 N–H and O–H groups in total. The number of rotatable bonds is 8. The summed E-state index contributed by atoms with van der Waals surface area (Å²) in [5.41, 5.74) is 1.07. The zero-order valence-corrected chi connectivity index (χ0v) is 12.0. The van der Waals surface area contributed by atoms with Crippen molar-refractivity contribution in [2.24, 2.45) is 0 Å². The minimum atomic E-state index is -0.601. The highest BCUT2D eigenvalue weighted by Gasteiger charge is 2.09. The number of carbonyl (C=O) groups excluding carboxylic acids is 1. The number of ether oxygens (including phenoxy) is 2. The highest BCUT2D eigenvalue weighted by molar-refractivity contribution is 5.64. The third-order valence-corrected chi connectivity index (χ3v) is 2.93. The highest BCUT2D eigenvalue weighted by Crippen LogP contribution is 2.21. The smallest absolute Gasteiger partial charge is 0.434 e. The normalized spacial score (nSPS) is 10.2. The molecule has 1 rings (SSSR count). The molecule has 0 aliphatic rings. The van der Waals surface area contributed by atoms with Crippen LogP contribution in [0.25, 0.3) is 0 Å². The Bertz CT molecular complexity index is 374. The van der Waals surface area contributed by atoms with E-state index in [4.69, 9.17) is 9.47 Å². The molecule has 0 amide bonds. The summed E-state index contributed by atoms with van der Waals surface area (Å²) in [4.78, 5) is 11.5. The van der Waals surface area contributed by atoms with Crippen LogP contribution >= 0.6 is 0 Å². The number of benzene rings is 1. The molecule has 0 fully saturated rings. The van der Waals surface area contributed by atoms with Gasteiger partial charge >= 0.3 is 6.16 Å². The molecule has 0 saturated heterocycles. The van der Waals surface area contributed by atoms with Gasteiger partial charge in [-0.2, -0.15) is 0 Å². The lowest BCUT2D eigenvalue weighted by atomic mass is 10.1. The maximum atomic E-state index is 11.5. The quantitative estimate of drug-likeness (QED) is 0.386. The molecule has 19 heavy (non-hydrogen) atoms. The maximum absolute atomic E-state index is 11.5. The second-order valence-corrected chi connectivity index (χ2v) is 4.62. The first-order chi connectivity index (χ1) is 9.27. The van der Waals surface area contributed by atoms with Gasteiger partial charge in [-0.1, -0.05) is 51.3 Å². The maximum Gasteiger partial charge on any atom is 0.513 e. The molecule has 1 aromatic rings. The molecule has 0 saturated carbocycles. The van der Waals surface area contributed by atoms with Gasteiger partial charge in [-0.3, -0.25) is 0 Å². The van der Waals surface area contributed by atoms with Crippen LogP contribution in [0.1, 0.15) is 51.5 Å². The summed E-state index contributed by atoms with van der Waals surface area (Å²) in [6.45, 7) is 4.65. The summed E-state index contributed by atoms with van der Waals surface area (Å²) >= 11 is 0. The Hall–Kier alpha value is -1.51. The van der Waals surface area contributed by atoms with E-state index in [0.717, 1.165) is 31.2 Å². The highest BCUT2D eigenvalue weighted by atomic mass is 16.7. The molecule has 0 aliphatic heterocycles. The van der Waals surface area contributed by atoms with Crippen LogP contribution in [-0.4, -0.2) is 12.8 Å². The lowest BCUT2D eigenvalue weighted by Gasteiger charge is -2.10. The van der Waals surface area contributed by atoms with Crippen molar-refractivity contribution < 1.29 is 14.3 Å². The molecule has 0 aliphatic carbocycles. The fourth-order valence-corrected chi connectivity index (χ4v) is 1.79. The van der Waals surface area contributed by atoms with Gasteiger partial charge in [0.05, 0.1) is 6.61 Å². The molecular formula is C16H24O3. The topological polar surface area (TPSA) is 35.5 Å². The van der Waals surface area contributed by atoms with E-state index in [1.807, 2.05) is 24.3 Å². The van der Waals surface area contributed by atoms with E-state index in [1.54, 1.807) is 0 Å². The van der Waals surface area contributed by atoms with Crippen molar-refractivity contribution in [3.8, 4) is 5.75 Å². The zero-order chi connectivity index (χ0) is 13.9. The molecule has 0 spiro atoms. The number of hydrogen-bond acceptors (Lipinski definition) is 3. The Balaban J connectivity index is 2.49. The Kier molecular flexibility index (Phi) is 7.71. The van der Waals surface area contributed by atoms with Crippen molar-refractivity contribution in [1.29, 1.82) is 0 Å². The molecule has 3 nitrogen and oxygen atoms in total. The Morgan fingerprint density at radius 3 is 2.53 bits per heavy atom. The van der Waals surface area contributed by atoms with Gasteiger partial charge in [0.25, 0.3) is 0 Å². The second kappa shape index (κ2) is 9.42. The summed E-state index contributed by atoms with van der Waals surface area (Å²) in [5.74, 6) is 0.625. The predicted molar refractivity (Wildman–Crippen MR) is 76.6 cm³/mol. The number of unbranched alkanes of at least 4 members (excludes halogenated alkanes) is 3. The first-order valence-corrected chi connectivity index (χ1v) is 7.20. The molecule has 0 aromatic heterocycles. The van der Waals surface area contributed by atoms with E-state index in [0.29, 0.717) is 12.4 Å². The third kappa shape index (κ3) is 6.27. The standard InChI is InChI=1S/C16H24O3/c1-3-5-7-10-14-11-8-9-12-15(14)19-16(17)18-13-6-4-2/h8-9,11-12H,3-7,10,13H2,1-2H3. The molecular weight excluding hydrogens is 240 g/mol. The molecule has 0 bridgehead atoms. The number of aryl methyl sites for hydroxylation is 1. The summed E-state index contributed by atoms with van der Waals surface area (Å²) in [6, 6.07) is 7.67. The van der Waals surface area contributed by atoms with Gasteiger partial charge in [0.2, 0.25) is 0 Å². The number of carbonyl (C=O) groups is 1. The van der Waals surface area contributed by atoms with Crippen molar-refractivity contribution in [2.75, 3.05) is 6.61 Å². The molecule has 0 atom stereocenters. The van der Waals surface area contributed by atoms with E-state index in [2.05, 4.69) is 13.8 Å². The van der Waals surface area contributed by atoms with Crippen molar-refractivity contribution in [1.82, 2.24) is 0 Å². The van der Waals surface area contributed by atoms with E-state index >= 15 is 0 Å². The van der Waals surface area contributed by atoms with Gasteiger partial charge in [-0.15, -0.1) is 0 Å². The number of hydrogen-bond donors (Lipinski definition) is 0. The average Bonchev–Trinajstić information content (AvgIpc) is 2.41. The molecule has 0 unspecified atom stereocenters. The predicted octanol–water partition coefficient (Wildman–Crippen LogP) is 4.73. The lowest BCUT2D eigenvalue weighted by Crippen LogP contribution is -2.12. The van der Waals surface area contributed by atoms with Crippen molar-refractivity contribution in [3.63, 3.8) is 0 Å². The van der Waals surface area contributed by atoms with Crippen molar-refractivity contribution in [2.45, 2.75) is 52.4 Å². The van der Waals surface area contributed by atoms with Crippen LogP contribution < -0.4 is 4.74 Å². The van der Waals surface area contributed by atoms with Crippen LogP contribution in [0.3, 0.4) is 0 Å². The van der Waals surface area contributed by atoms with Crippen LogP contribution in [0, 0.1) is 0 Å². The Labute approximate surface area is 115 Å². The first-order valence-electron chi connectivity index (χ1n) is 7.20. The molecule has 0 radical (unpaired) electrons. The number of para-hydroxylation sites is 1. The Morgan fingerprint density at radius 2 is 1.79 bits per heavy atom. The first kappa shape index (κ1) is 15.5. The molecule has 3 heteroatoms. The SMILES string of the molecule is CCCCCc1ccccc1OC(=O)OCCCC. The van der Waals surface area contributed by atoms with Gasteiger partial charge in [0, 0.05) is 0 Å². The third-order valence-electron chi connectivity index (χ3n) is 2.93. The molecule has 0 heterocycles.